The van der Waals surface area contributed by atoms with E-state index in [1.54, 1.807) is 0 Å². The summed E-state index contributed by atoms with van der Waals surface area (Å²) in [5.41, 5.74) is 0. The van der Waals surface area contributed by atoms with E-state index in [2.05, 4.69) is 31.4 Å². The Balaban J connectivity index is 3.31. The fourth-order valence-corrected chi connectivity index (χ4v) is 1.17. The maximum atomic E-state index is 11.4. The van der Waals surface area contributed by atoms with E-state index >= 15 is 0 Å². The fraction of sp³-hybridized carbons (Fsp3) is 0.917. The smallest absolute Gasteiger partial charge is 0.221 e. The molecule has 0 spiro atoms. The molecular formula is C12H26N2O. The van der Waals surface area contributed by atoms with Crippen molar-refractivity contribution in [1.82, 2.24) is 10.6 Å². The van der Waals surface area contributed by atoms with Crippen molar-refractivity contribution < 1.29 is 4.79 Å². The van der Waals surface area contributed by atoms with Gasteiger partial charge in [-0.1, -0.05) is 20.8 Å². The number of rotatable bonds is 8. The first kappa shape index (κ1) is 14.4. The molecule has 0 heterocycles. The topological polar surface area (TPSA) is 41.1 Å². The normalized spacial score (nSPS) is 12.9. The minimum absolute atomic E-state index is 0.154. The zero-order valence-electron chi connectivity index (χ0n) is 10.6. The number of hydrogen-bond donors (Lipinski definition) is 2. The third-order valence-electron chi connectivity index (χ3n) is 2.45. The van der Waals surface area contributed by atoms with Gasteiger partial charge in [-0.15, -0.1) is 0 Å². The van der Waals surface area contributed by atoms with Crippen LogP contribution in [0.4, 0.5) is 0 Å². The number of hydrogen-bond acceptors (Lipinski definition) is 2. The van der Waals surface area contributed by atoms with Gasteiger partial charge in [-0.05, 0) is 32.2 Å². The molecule has 0 radical (unpaired) electrons. The van der Waals surface area contributed by atoms with Crippen LogP contribution in [-0.2, 0) is 4.79 Å². The van der Waals surface area contributed by atoms with Crippen LogP contribution in [0.3, 0.4) is 0 Å². The van der Waals surface area contributed by atoms with E-state index in [0.29, 0.717) is 12.5 Å². The van der Waals surface area contributed by atoms with Gasteiger partial charge in [-0.25, -0.2) is 0 Å². The largest absolute Gasteiger partial charge is 0.354 e. The van der Waals surface area contributed by atoms with Gasteiger partial charge in [0, 0.05) is 19.0 Å². The number of nitrogens with one attached hydrogen (secondary N) is 2. The molecule has 0 fully saturated rings. The van der Waals surface area contributed by atoms with Crippen molar-refractivity contribution in [3.05, 3.63) is 0 Å². The summed E-state index contributed by atoms with van der Waals surface area (Å²) < 4.78 is 0. The molecule has 0 aliphatic carbocycles. The van der Waals surface area contributed by atoms with Gasteiger partial charge in [-0.3, -0.25) is 4.79 Å². The van der Waals surface area contributed by atoms with Crippen LogP contribution in [0.2, 0.25) is 0 Å². The Labute approximate surface area is 94.0 Å². The highest BCUT2D eigenvalue weighted by Gasteiger charge is 2.04. The Morgan fingerprint density at radius 3 is 2.40 bits per heavy atom. The molecule has 90 valence electrons. The van der Waals surface area contributed by atoms with E-state index in [1.165, 1.54) is 6.42 Å². The van der Waals surface area contributed by atoms with Gasteiger partial charge in [-0.2, -0.15) is 0 Å². The van der Waals surface area contributed by atoms with E-state index < -0.39 is 0 Å². The summed E-state index contributed by atoms with van der Waals surface area (Å²) in [5.74, 6) is 0.882. The molecule has 1 atom stereocenters. The third-order valence-corrected chi connectivity index (χ3v) is 2.45. The first-order valence-electron chi connectivity index (χ1n) is 6.06. The van der Waals surface area contributed by atoms with Gasteiger partial charge < -0.3 is 10.6 Å². The molecule has 0 bridgehead atoms. The van der Waals surface area contributed by atoms with Crippen molar-refractivity contribution in [1.29, 1.82) is 0 Å². The molecule has 3 heteroatoms. The van der Waals surface area contributed by atoms with Crippen molar-refractivity contribution in [2.45, 2.75) is 53.0 Å². The van der Waals surface area contributed by atoms with Crippen molar-refractivity contribution in [2.75, 3.05) is 13.1 Å². The van der Waals surface area contributed by atoms with Crippen LogP contribution in [0, 0.1) is 5.92 Å². The maximum absolute atomic E-state index is 11.4. The molecule has 2 N–H and O–H groups in total. The second-order valence-corrected chi connectivity index (χ2v) is 4.56. The van der Waals surface area contributed by atoms with Crippen LogP contribution in [0.1, 0.15) is 47.0 Å². The monoisotopic (exact) mass is 214 g/mol. The summed E-state index contributed by atoms with van der Waals surface area (Å²) in [6.45, 7) is 10.3. The van der Waals surface area contributed by atoms with Gasteiger partial charge in [0.05, 0.1) is 0 Å². The summed E-state index contributed by atoms with van der Waals surface area (Å²) in [6.07, 6.45) is 2.75. The van der Waals surface area contributed by atoms with E-state index in [1.807, 2.05) is 6.92 Å². The molecule has 15 heavy (non-hydrogen) atoms. The van der Waals surface area contributed by atoms with E-state index in [0.717, 1.165) is 25.4 Å². The lowest BCUT2D eigenvalue weighted by Gasteiger charge is -2.11. The highest BCUT2D eigenvalue weighted by Crippen LogP contribution is 1.96. The average Bonchev–Trinajstić information content (AvgIpc) is 2.16. The molecule has 0 saturated heterocycles. The molecule has 0 saturated carbocycles. The molecule has 0 rings (SSSR count). The molecule has 1 unspecified atom stereocenters. The Hall–Kier alpha value is -0.570. The first-order valence-corrected chi connectivity index (χ1v) is 6.06. The summed E-state index contributed by atoms with van der Waals surface area (Å²) in [6, 6.07) is 0.299. The second-order valence-electron chi connectivity index (χ2n) is 4.56. The predicted molar refractivity (Wildman–Crippen MR) is 64.8 cm³/mol. The van der Waals surface area contributed by atoms with Gasteiger partial charge >= 0.3 is 0 Å². The zero-order chi connectivity index (χ0) is 11.7. The van der Waals surface area contributed by atoms with Crippen molar-refractivity contribution >= 4 is 5.91 Å². The summed E-state index contributed by atoms with van der Waals surface area (Å²) in [5, 5.41) is 6.23. The van der Waals surface area contributed by atoms with Gasteiger partial charge in [0.25, 0.3) is 0 Å². The zero-order valence-corrected chi connectivity index (χ0v) is 10.6. The standard InChI is InChI=1S/C12H26N2O/c1-5-11(4)14-12(15)7-9-13-8-6-10(2)3/h10-11,13H,5-9H2,1-4H3,(H,14,15). The summed E-state index contributed by atoms with van der Waals surface area (Å²) >= 11 is 0. The average molecular weight is 214 g/mol. The van der Waals surface area contributed by atoms with Gasteiger partial charge in [0.15, 0.2) is 0 Å². The Morgan fingerprint density at radius 1 is 1.20 bits per heavy atom. The van der Waals surface area contributed by atoms with Gasteiger partial charge in [0.2, 0.25) is 5.91 Å². The molecule has 1 amide bonds. The van der Waals surface area contributed by atoms with Crippen molar-refractivity contribution in [2.24, 2.45) is 5.92 Å². The summed E-state index contributed by atoms with van der Waals surface area (Å²) in [7, 11) is 0. The Kier molecular flexibility index (Phi) is 8.38. The van der Waals surface area contributed by atoms with E-state index in [4.69, 9.17) is 0 Å². The van der Waals surface area contributed by atoms with Crippen LogP contribution in [-0.4, -0.2) is 25.0 Å². The maximum Gasteiger partial charge on any atom is 0.221 e. The predicted octanol–water partition coefficient (Wildman–Crippen LogP) is 1.93. The minimum Gasteiger partial charge on any atom is -0.354 e. The van der Waals surface area contributed by atoms with Crippen LogP contribution >= 0.6 is 0 Å². The molecule has 0 aliphatic rings. The first-order chi connectivity index (χ1) is 7.06. The van der Waals surface area contributed by atoms with Crippen LogP contribution in [0.25, 0.3) is 0 Å². The summed E-state index contributed by atoms with van der Waals surface area (Å²) in [4.78, 5) is 11.4. The fourth-order valence-electron chi connectivity index (χ4n) is 1.17. The highest BCUT2D eigenvalue weighted by atomic mass is 16.1. The van der Waals surface area contributed by atoms with Crippen LogP contribution in [0.5, 0.6) is 0 Å². The highest BCUT2D eigenvalue weighted by molar-refractivity contribution is 5.76. The lowest BCUT2D eigenvalue weighted by molar-refractivity contribution is -0.121. The lowest BCUT2D eigenvalue weighted by atomic mass is 10.1. The lowest BCUT2D eigenvalue weighted by Crippen LogP contribution is -2.34. The molecule has 0 aromatic rings. The second kappa shape index (κ2) is 8.72. The number of amides is 1. The molecule has 0 aromatic heterocycles. The van der Waals surface area contributed by atoms with Gasteiger partial charge in [0.1, 0.15) is 0 Å². The number of carbonyl (C=O) groups excluding carboxylic acids is 1. The Morgan fingerprint density at radius 2 is 1.87 bits per heavy atom. The third kappa shape index (κ3) is 9.73. The van der Waals surface area contributed by atoms with Crippen molar-refractivity contribution in [3.8, 4) is 0 Å². The quantitative estimate of drug-likeness (QED) is 0.606. The van der Waals surface area contributed by atoms with E-state index in [9.17, 15) is 4.79 Å². The molecule has 3 nitrogen and oxygen atoms in total. The van der Waals surface area contributed by atoms with Crippen LogP contribution in [0.15, 0.2) is 0 Å². The minimum atomic E-state index is 0.154. The SMILES string of the molecule is CCC(C)NC(=O)CCNCCC(C)C. The molecular weight excluding hydrogens is 188 g/mol. The van der Waals surface area contributed by atoms with E-state index in [-0.39, 0.29) is 5.91 Å². The number of carbonyl (C=O) groups is 1. The molecule has 0 aliphatic heterocycles. The van der Waals surface area contributed by atoms with Crippen molar-refractivity contribution in [3.63, 3.8) is 0 Å². The van der Waals surface area contributed by atoms with Crippen LogP contribution < -0.4 is 10.6 Å². The Bertz CT molecular complexity index is 169. The molecule has 0 aromatic carbocycles.